The highest BCUT2D eigenvalue weighted by atomic mass is 35.5. The van der Waals surface area contributed by atoms with Crippen molar-refractivity contribution in [1.29, 1.82) is 0 Å². The number of hydrogen-bond acceptors (Lipinski definition) is 5. The maximum Gasteiger partial charge on any atom is 0.271 e. The number of hydrogen-bond donors (Lipinski definition) is 1. The second kappa shape index (κ2) is 10.3. The highest BCUT2D eigenvalue weighted by molar-refractivity contribution is 6.30. The van der Waals surface area contributed by atoms with E-state index >= 15 is 0 Å². The Hall–Kier alpha value is -4.17. The van der Waals surface area contributed by atoms with Crippen molar-refractivity contribution in [3.8, 4) is 23.0 Å². The lowest BCUT2D eigenvalue weighted by atomic mass is 9.93. The molecular weight excluding hydrogens is 506 g/mol. The fourth-order valence-corrected chi connectivity index (χ4v) is 4.94. The van der Waals surface area contributed by atoms with Crippen molar-refractivity contribution in [2.24, 2.45) is 0 Å². The molecule has 0 saturated carbocycles. The van der Waals surface area contributed by atoms with Gasteiger partial charge in [-0.1, -0.05) is 23.7 Å². The van der Waals surface area contributed by atoms with Crippen LogP contribution in [-0.4, -0.2) is 41.0 Å². The van der Waals surface area contributed by atoms with Crippen molar-refractivity contribution in [2.45, 2.75) is 32.1 Å². The molecule has 0 spiro atoms. The number of furan rings is 1. The van der Waals surface area contributed by atoms with Crippen LogP contribution in [0.15, 0.2) is 77.4 Å². The van der Waals surface area contributed by atoms with Gasteiger partial charge in [0, 0.05) is 17.1 Å². The highest BCUT2D eigenvalue weighted by Crippen LogP contribution is 2.36. The van der Waals surface area contributed by atoms with Gasteiger partial charge in [-0.25, -0.2) is 0 Å². The number of carbonyl (C=O) groups excluding carboxylic acids is 2. The molecule has 2 aromatic carbocycles. The average molecular weight is 534 g/mol. The molecule has 1 atom stereocenters. The minimum atomic E-state index is -1.23. The van der Waals surface area contributed by atoms with E-state index in [1.165, 1.54) is 0 Å². The quantitative estimate of drug-likeness (QED) is 0.338. The predicted molar refractivity (Wildman–Crippen MR) is 143 cm³/mol. The van der Waals surface area contributed by atoms with Crippen LogP contribution in [0, 0.1) is 0 Å². The van der Waals surface area contributed by atoms with E-state index in [0.29, 0.717) is 34.5 Å². The van der Waals surface area contributed by atoms with Crippen molar-refractivity contribution in [2.75, 3.05) is 14.2 Å². The third-order valence-electron chi connectivity index (χ3n) is 6.95. The molecule has 9 heteroatoms. The summed E-state index contributed by atoms with van der Waals surface area (Å²) in [6, 6.07) is 19.9. The lowest BCUT2D eigenvalue weighted by Crippen LogP contribution is -2.63. The number of fused-ring (bicyclic) bond motifs is 1. The van der Waals surface area contributed by atoms with Gasteiger partial charge in [0.05, 0.1) is 39.3 Å². The summed E-state index contributed by atoms with van der Waals surface area (Å²) in [5.41, 5.74) is 1.59. The molecule has 196 valence electrons. The molecule has 0 bridgehead atoms. The van der Waals surface area contributed by atoms with Crippen LogP contribution in [0.2, 0.25) is 5.02 Å². The first-order valence-corrected chi connectivity index (χ1v) is 12.5. The zero-order valence-electron chi connectivity index (χ0n) is 21.4. The van der Waals surface area contributed by atoms with Crippen molar-refractivity contribution in [3.63, 3.8) is 0 Å². The molecule has 38 heavy (non-hydrogen) atoms. The SMILES string of the molecule is COc1ccc(OC)c(CN2C(=O)c3ccc(-c4ccco4)n3CC2(C)C(=O)NCc2ccc(Cl)cc2)c1. The highest BCUT2D eigenvalue weighted by Gasteiger charge is 2.48. The van der Waals surface area contributed by atoms with Crippen molar-refractivity contribution in [3.05, 3.63) is 94.8 Å². The Kier molecular flexibility index (Phi) is 6.91. The van der Waals surface area contributed by atoms with Gasteiger partial charge in [0.2, 0.25) is 5.91 Å². The smallest absolute Gasteiger partial charge is 0.271 e. The van der Waals surface area contributed by atoms with Gasteiger partial charge < -0.3 is 28.7 Å². The van der Waals surface area contributed by atoms with Gasteiger partial charge in [-0.3, -0.25) is 9.59 Å². The molecular formula is C29H28ClN3O5. The van der Waals surface area contributed by atoms with E-state index in [1.807, 2.05) is 34.9 Å². The van der Waals surface area contributed by atoms with Gasteiger partial charge in [0.1, 0.15) is 28.5 Å². The molecule has 0 aliphatic carbocycles. The number of ether oxygens (including phenoxy) is 2. The lowest BCUT2D eigenvalue weighted by molar-refractivity contribution is -0.133. The minimum Gasteiger partial charge on any atom is -0.497 e. The number of aromatic nitrogens is 1. The fourth-order valence-electron chi connectivity index (χ4n) is 4.81. The van der Waals surface area contributed by atoms with E-state index in [1.54, 1.807) is 68.7 Å². The Bertz CT molecular complexity index is 1460. The largest absolute Gasteiger partial charge is 0.497 e. The Morgan fingerprint density at radius 3 is 2.50 bits per heavy atom. The van der Waals surface area contributed by atoms with Crippen LogP contribution < -0.4 is 14.8 Å². The third kappa shape index (κ3) is 4.63. The molecule has 1 N–H and O–H groups in total. The molecule has 2 amide bonds. The van der Waals surface area contributed by atoms with Crippen LogP contribution >= 0.6 is 11.6 Å². The van der Waals surface area contributed by atoms with Crippen molar-refractivity contribution >= 4 is 23.4 Å². The number of rotatable bonds is 8. The molecule has 8 nitrogen and oxygen atoms in total. The molecule has 3 heterocycles. The summed E-state index contributed by atoms with van der Waals surface area (Å²) in [7, 11) is 3.15. The lowest BCUT2D eigenvalue weighted by Gasteiger charge is -2.44. The number of carbonyl (C=O) groups is 2. The number of nitrogens with one attached hydrogen (secondary N) is 1. The molecule has 1 aliphatic rings. The van der Waals surface area contributed by atoms with E-state index in [-0.39, 0.29) is 24.9 Å². The number of halogens is 1. The maximum absolute atomic E-state index is 14.0. The predicted octanol–water partition coefficient (Wildman–Crippen LogP) is 5.15. The number of methoxy groups -OCH3 is 2. The number of nitrogens with zero attached hydrogens (tertiary/aromatic N) is 2. The Labute approximate surface area is 225 Å². The fraction of sp³-hybridized carbons (Fsp3) is 0.241. The van der Waals surface area contributed by atoms with E-state index in [4.69, 9.17) is 25.5 Å². The van der Waals surface area contributed by atoms with Gasteiger partial charge in [-0.2, -0.15) is 0 Å². The summed E-state index contributed by atoms with van der Waals surface area (Å²) in [5.74, 6) is 1.29. The van der Waals surface area contributed by atoms with Gasteiger partial charge in [0.25, 0.3) is 5.91 Å². The first kappa shape index (κ1) is 25.5. The van der Waals surface area contributed by atoms with E-state index in [2.05, 4.69) is 5.32 Å². The Morgan fingerprint density at radius 2 is 1.82 bits per heavy atom. The van der Waals surface area contributed by atoms with E-state index < -0.39 is 5.54 Å². The number of benzene rings is 2. The summed E-state index contributed by atoms with van der Waals surface area (Å²) in [5, 5.41) is 3.64. The Balaban J connectivity index is 1.53. The summed E-state index contributed by atoms with van der Waals surface area (Å²) < 4.78 is 18.4. The molecule has 1 unspecified atom stereocenters. The molecule has 0 saturated heterocycles. The maximum atomic E-state index is 14.0. The molecule has 2 aromatic heterocycles. The molecule has 0 fully saturated rings. The first-order valence-electron chi connectivity index (χ1n) is 12.1. The molecule has 1 aliphatic heterocycles. The van der Waals surface area contributed by atoms with Crippen LogP contribution in [0.1, 0.15) is 28.5 Å². The standard InChI is InChI=1S/C29H28ClN3O5/c1-29(28(35)31-16-19-6-8-21(30)9-7-19)18-32-23(26-5-4-14-38-26)11-12-24(32)27(34)33(29)17-20-15-22(36-2)10-13-25(20)37-3/h4-15H,16-18H2,1-3H3,(H,31,35). The first-order chi connectivity index (χ1) is 18.3. The zero-order chi connectivity index (χ0) is 26.9. The molecule has 5 rings (SSSR count). The van der Waals surface area contributed by atoms with E-state index in [9.17, 15) is 9.59 Å². The summed E-state index contributed by atoms with van der Waals surface area (Å²) in [4.78, 5) is 29.5. The molecule has 0 radical (unpaired) electrons. The van der Waals surface area contributed by atoms with Crippen LogP contribution in [0.3, 0.4) is 0 Å². The van der Waals surface area contributed by atoms with Crippen LogP contribution in [0.5, 0.6) is 11.5 Å². The second-order valence-electron chi connectivity index (χ2n) is 9.32. The summed E-state index contributed by atoms with van der Waals surface area (Å²) in [6.07, 6.45) is 1.58. The summed E-state index contributed by atoms with van der Waals surface area (Å²) >= 11 is 6.01. The van der Waals surface area contributed by atoms with Gasteiger partial charge in [0.15, 0.2) is 0 Å². The molecule has 4 aromatic rings. The van der Waals surface area contributed by atoms with Gasteiger partial charge in [-0.05, 0) is 67.1 Å². The van der Waals surface area contributed by atoms with Gasteiger partial charge >= 0.3 is 0 Å². The van der Waals surface area contributed by atoms with Crippen molar-refractivity contribution in [1.82, 2.24) is 14.8 Å². The normalized spacial score (nSPS) is 16.7. The van der Waals surface area contributed by atoms with Crippen LogP contribution in [0.4, 0.5) is 0 Å². The second-order valence-corrected chi connectivity index (χ2v) is 9.76. The summed E-state index contributed by atoms with van der Waals surface area (Å²) in [6.45, 7) is 2.45. The van der Waals surface area contributed by atoms with E-state index in [0.717, 1.165) is 16.8 Å². The van der Waals surface area contributed by atoms with Crippen LogP contribution in [0.25, 0.3) is 11.5 Å². The topological polar surface area (TPSA) is 85.9 Å². The monoisotopic (exact) mass is 533 g/mol. The average Bonchev–Trinajstić information content (AvgIpc) is 3.60. The zero-order valence-corrected chi connectivity index (χ0v) is 22.1. The third-order valence-corrected chi connectivity index (χ3v) is 7.20. The Morgan fingerprint density at radius 1 is 1.05 bits per heavy atom. The minimum absolute atomic E-state index is 0.144. The van der Waals surface area contributed by atoms with Crippen molar-refractivity contribution < 1.29 is 23.5 Å². The van der Waals surface area contributed by atoms with Crippen LogP contribution in [-0.2, 0) is 24.4 Å². The van der Waals surface area contributed by atoms with Gasteiger partial charge in [-0.15, -0.1) is 0 Å². The number of amides is 2.